The molecule has 3 aromatic rings. The molecule has 0 spiro atoms. The van der Waals surface area contributed by atoms with Crippen molar-refractivity contribution in [2.24, 2.45) is 0 Å². The van der Waals surface area contributed by atoms with E-state index in [4.69, 9.17) is 4.18 Å². The third-order valence-electron chi connectivity index (χ3n) is 5.00. The molecule has 184 valence electrons. The molecule has 1 aliphatic rings. The molecule has 3 aromatic carbocycles. The van der Waals surface area contributed by atoms with E-state index in [9.17, 15) is 22.8 Å². The summed E-state index contributed by atoms with van der Waals surface area (Å²) in [5.41, 5.74) is 1.59. The number of hydrogen-bond donors (Lipinski definition) is 1. The van der Waals surface area contributed by atoms with E-state index in [0.29, 0.717) is 11.3 Å². The zero-order chi connectivity index (χ0) is 25.9. The summed E-state index contributed by atoms with van der Waals surface area (Å²) in [7, 11) is -4.21. The van der Waals surface area contributed by atoms with E-state index in [0.717, 1.165) is 25.8 Å². The van der Waals surface area contributed by atoms with E-state index < -0.39 is 21.3 Å². The highest BCUT2D eigenvalue weighted by molar-refractivity contribution is 14.1. The zero-order valence-electron chi connectivity index (χ0n) is 18.8. The molecule has 0 aromatic heterocycles. The first-order chi connectivity index (χ1) is 17.1. The van der Waals surface area contributed by atoms with Crippen molar-refractivity contribution in [3.63, 3.8) is 0 Å². The SMILES string of the molecule is CC(=O)Nc1ccc(S(=O)(=O)Oc2ccccc2/C=C2\SC(=O)N(Cc3ccc(I)cc3)C2=O)cc1. The Hall–Kier alpha value is -3.16. The van der Waals surface area contributed by atoms with Gasteiger partial charge < -0.3 is 9.50 Å². The highest BCUT2D eigenvalue weighted by atomic mass is 127. The number of carbonyl (C=O) groups is 3. The molecule has 0 bridgehead atoms. The van der Waals surface area contributed by atoms with Crippen LogP contribution >= 0.6 is 34.4 Å². The van der Waals surface area contributed by atoms with Crippen molar-refractivity contribution in [1.29, 1.82) is 0 Å². The van der Waals surface area contributed by atoms with Crippen molar-refractivity contribution in [2.75, 3.05) is 5.32 Å². The van der Waals surface area contributed by atoms with Gasteiger partial charge in [0.25, 0.3) is 11.1 Å². The summed E-state index contributed by atoms with van der Waals surface area (Å²) in [6, 6.07) is 19.4. The summed E-state index contributed by atoms with van der Waals surface area (Å²) in [5, 5.41) is 2.16. The van der Waals surface area contributed by atoms with Crippen LogP contribution < -0.4 is 9.50 Å². The van der Waals surface area contributed by atoms with Crippen LogP contribution in [0, 0.1) is 3.57 Å². The van der Waals surface area contributed by atoms with E-state index in [1.165, 1.54) is 43.3 Å². The van der Waals surface area contributed by atoms with Gasteiger partial charge in [0.15, 0.2) is 0 Å². The van der Waals surface area contributed by atoms with Gasteiger partial charge in [0.2, 0.25) is 5.91 Å². The summed E-state index contributed by atoms with van der Waals surface area (Å²) >= 11 is 2.96. The molecule has 0 saturated carbocycles. The van der Waals surface area contributed by atoms with Gasteiger partial charge >= 0.3 is 10.1 Å². The third-order valence-corrected chi connectivity index (χ3v) is 7.87. The Labute approximate surface area is 226 Å². The lowest BCUT2D eigenvalue weighted by molar-refractivity contribution is -0.123. The predicted molar refractivity (Wildman–Crippen MR) is 146 cm³/mol. The van der Waals surface area contributed by atoms with E-state index in [1.54, 1.807) is 18.2 Å². The molecule has 8 nitrogen and oxygen atoms in total. The maximum absolute atomic E-state index is 12.9. The number of hydrogen-bond acceptors (Lipinski definition) is 7. The van der Waals surface area contributed by atoms with Gasteiger partial charge in [0.1, 0.15) is 10.6 Å². The van der Waals surface area contributed by atoms with Gasteiger partial charge in [-0.15, -0.1) is 0 Å². The molecule has 1 saturated heterocycles. The Morgan fingerprint density at radius 2 is 1.69 bits per heavy atom. The van der Waals surface area contributed by atoms with Crippen LogP contribution in [0.3, 0.4) is 0 Å². The lowest BCUT2D eigenvalue weighted by atomic mass is 10.2. The molecule has 36 heavy (non-hydrogen) atoms. The Balaban J connectivity index is 1.55. The minimum Gasteiger partial charge on any atom is -0.378 e. The van der Waals surface area contributed by atoms with Gasteiger partial charge in [-0.1, -0.05) is 30.3 Å². The number of halogens is 1. The molecule has 1 N–H and O–H groups in total. The highest BCUT2D eigenvalue weighted by Crippen LogP contribution is 2.35. The number of nitrogens with zero attached hydrogens (tertiary/aromatic N) is 1. The van der Waals surface area contributed by atoms with Crippen molar-refractivity contribution >= 4 is 73.3 Å². The van der Waals surface area contributed by atoms with Crippen molar-refractivity contribution in [3.05, 3.63) is 92.4 Å². The monoisotopic (exact) mass is 634 g/mol. The molecule has 0 unspecified atom stereocenters. The Morgan fingerprint density at radius 1 is 1.03 bits per heavy atom. The zero-order valence-corrected chi connectivity index (χ0v) is 22.6. The lowest BCUT2D eigenvalue weighted by Crippen LogP contribution is -2.27. The number of para-hydroxylation sites is 1. The van der Waals surface area contributed by atoms with Gasteiger partial charge in [0.05, 0.1) is 11.4 Å². The standard InChI is InChI=1S/C25H19IN2O6S2/c1-16(29)27-20-10-12-21(13-11-20)36(32,33)34-22-5-3-2-4-18(22)14-23-24(30)28(25(31)35-23)15-17-6-8-19(26)9-7-17/h2-14H,15H2,1H3,(H,27,29)/b23-14-. The fourth-order valence-electron chi connectivity index (χ4n) is 3.30. The summed E-state index contributed by atoms with van der Waals surface area (Å²) in [4.78, 5) is 37.8. The van der Waals surface area contributed by atoms with Crippen LogP contribution in [0.4, 0.5) is 10.5 Å². The molecule has 0 radical (unpaired) electrons. The molecular formula is C25H19IN2O6S2. The van der Waals surface area contributed by atoms with Crippen LogP contribution in [0.1, 0.15) is 18.1 Å². The number of anilines is 1. The van der Waals surface area contributed by atoms with Crippen LogP contribution in [-0.2, 0) is 26.3 Å². The van der Waals surface area contributed by atoms with E-state index >= 15 is 0 Å². The van der Waals surface area contributed by atoms with Gasteiger partial charge in [-0.25, -0.2) is 0 Å². The maximum atomic E-state index is 12.9. The summed E-state index contributed by atoms with van der Waals surface area (Å²) in [5.74, 6) is -0.735. The summed E-state index contributed by atoms with van der Waals surface area (Å²) in [6.45, 7) is 1.49. The minimum atomic E-state index is -4.21. The van der Waals surface area contributed by atoms with Crippen LogP contribution in [0.25, 0.3) is 6.08 Å². The summed E-state index contributed by atoms with van der Waals surface area (Å²) in [6.07, 6.45) is 1.45. The number of imide groups is 1. The second kappa shape index (κ2) is 10.8. The van der Waals surface area contributed by atoms with Crippen LogP contribution in [-0.4, -0.2) is 30.4 Å². The van der Waals surface area contributed by atoms with E-state index in [2.05, 4.69) is 27.9 Å². The number of amides is 3. The second-order valence-electron chi connectivity index (χ2n) is 7.68. The van der Waals surface area contributed by atoms with Crippen LogP contribution in [0.5, 0.6) is 5.75 Å². The number of nitrogens with one attached hydrogen (secondary N) is 1. The number of carbonyl (C=O) groups excluding carboxylic acids is 3. The van der Waals surface area contributed by atoms with Gasteiger partial charge in [-0.05, 0) is 88.5 Å². The normalized spacial score (nSPS) is 14.8. The van der Waals surface area contributed by atoms with Crippen molar-refractivity contribution in [3.8, 4) is 5.75 Å². The highest BCUT2D eigenvalue weighted by Gasteiger charge is 2.35. The first-order valence-corrected chi connectivity index (χ1v) is 13.8. The minimum absolute atomic E-state index is 0.00729. The quantitative estimate of drug-likeness (QED) is 0.215. The van der Waals surface area contributed by atoms with Crippen molar-refractivity contribution < 1.29 is 27.0 Å². The van der Waals surface area contributed by atoms with Crippen LogP contribution in [0.15, 0.2) is 82.6 Å². The van der Waals surface area contributed by atoms with Gasteiger partial charge in [0, 0.05) is 21.7 Å². The van der Waals surface area contributed by atoms with Crippen molar-refractivity contribution in [2.45, 2.75) is 18.4 Å². The first-order valence-electron chi connectivity index (χ1n) is 10.5. The van der Waals surface area contributed by atoms with Crippen molar-refractivity contribution in [1.82, 2.24) is 4.90 Å². The average Bonchev–Trinajstić information content (AvgIpc) is 3.09. The molecule has 1 fully saturated rings. The van der Waals surface area contributed by atoms with Crippen LogP contribution in [0.2, 0.25) is 0 Å². The smallest absolute Gasteiger partial charge is 0.339 e. The maximum Gasteiger partial charge on any atom is 0.339 e. The number of benzene rings is 3. The molecule has 3 amide bonds. The molecule has 0 aliphatic carbocycles. The Bertz CT molecular complexity index is 1470. The molecule has 0 atom stereocenters. The number of thioether (sulfide) groups is 1. The fourth-order valence-corrected chi connectivity index (χ4v) is 5.44. The Kier molecular flexibility index (Phi) is 7.81. The topological polar surface area (TPSA) is 110 Å². The Morgan fingerprint density at radius 3 is 2.36 bits per heavy atom. The second-order valence-corrected chi connectivity index (χ2v) is 11.5. The average molecular weight is 634 g/mol. The largest absolute Gasteiger partial charge is 0.378 e. The molecule has 1 aliphatic heterocycles. The number of rotatable bonds is 7. The summed E-state index contributed by atoms with van der Waals surface area (Å²) < 4.78 is 32.1. The van der Waals surface area contributed by atoms with E-state index in [1.807, 2.05) is 24.3 Å². The molecule has 1 heterocycles. The first kappa shape index (κ1) is 25.9. The predicted octanol–water partition coefficient (Wildman–Crippen LogP) is 5.25. The third kappa shape index (κ3) is 6.15. The molecule has 11 heteroatoms. The van der Waals surface area contributed by atoms with Gasteiger partial charge in [-0.3, -0.25) is 19.3 Å². The molecule has 4 rings (SSSR count). The lowest BCUT2D eigenvalue weighted by Gasteiger charge is -2.12. The molecular weight excluding hydrogens is 615 g/mol. The fraction of sp³-hybridized carbons (Fsp3) is 0.0800. The van der Waals surface area contributed by atoms with E-state index in [-0.39, 0.29) is 28.0 Å². The van der Waals surface area contributed by atoms with Gasteiger partial charge in [-0.2, -0.15) is 8.42 Å².